The number of carbonyl (C=O) groups excluding carboxylic acids is 1. The van der Waals surface area contributed by atoms with Crippen LogP contribution in [-0.4, -0.2) is 29.8 Å². The van der Waals surface area contributed by atoms with Gasteiger partial charge in [-0.2, -0.15) is 0 Å². The third-order valence-corrected chi connectivity index (χ3v) is 2.48. The lowest BCUT2D eigenvalue weighted by atomic mass is 10.3. The van der Waals surface area contributed by atoms with Crippen LogP contribution in [0.15, 0.2) is 24.3 Å². The van der Waals surface area contributed by atoms with Gasteiger partial charge in [0.15, 0.2) is 6.10 Å². The molecule has 1 amide bonds. The number of rotatable bonds is 5. The summed E-state index contributed by atoms with van der Waals surface area (Å²) in [6.07, 6.45) is -0.663. The van der Waals surface area contributed by atoms with E-state index in [1.54, 1.807) is 38.1 Å². The molecule has 1 unspecified atom stereocenters. The van der Waals surface area contributed by atoms with Crippen molar-refractivity contribution in [3.05, 3.63) is 29.3 Å². The van der Waals surface area contributed by atoms with Crippen molar-refractivity contribution in [1.82, 2.24) is 5.32 Å². The summed E-state index contributed by atoms with van der Waals surface area (Å²) >= 11 is 5.91. The molecule has 0 aliphatic heterocycles. The van der Waals surface area contributed by atoms with Crippen LogP contribution in [0.5, 0.6) is 5.75 Å². The fourth-order valence-electron chi connectivity index (χ4n) is 1.19. The van der Waals surface area contributed by atoms with E-state index in [2.05, 4.69) is 5.32 Å². The van der Waals surface area contributed by atoms with E-state index in [0.717, 1.165) is 0 Å². The monoisotopic (exact) mass is 257 g/mol. The van der Waals surface area contributed by atoms with E-state index in [4.69, 9.17) is 21.4 Å². The molecule has 5 heteroatoms. The first-order valence-corrected chi connectivity index (χ1v) is 5.74. The molecule has 2 atom stereocenters. The average molecular weight is 258 g/mol. The van der Waals surface area contributed by atoms with Crippen LogP contribution in [-0.2, 0) is 4.79 Å². The first kappa shape index (κ1) is 13.8. The predicted molar refractivity (Wildman–Crippen MR) is 66.2 cm³/mol. The van der Waals surface area contributed by atoms with E-state index in [1.807, 2.05) is 0 Å². The van der Waals surface area contributed by atoms with Crippen molar-refractivity contribution in [3.8, 4) is 5.75 Å². The van der Waals surface area contributed by atoms with Crippen LogP contribution in [0, 0.1) is 0 Å². The highest BCUT2D eigenvalue weighted by atomic mass is 35.5. The Labute approximate surface area is 106 Å². The predicted octanol–water partition coefficient (Wildman–Crippen LogP) is 1.60. The maximum absolute atomic E-state index is 11.6. The van der Waals surface area contributed by atoms with Crippen LogP contribution < -0.4 is 10.1 Å². The number of benzene rings is 1. The van der Waals surface area contributed by atoms with Gasteiger partial charge in [-0.25, -0.2) is 0 Å². The van der Waals surface area contributed by atoms with Crippen molar-refractivity contribution in [2.45, 2.75) is 26.0 Å². The van der Waals surface area contributed by atoms with Gasteiger partial charge in [0.25, 0.3) is 5.91 Å². The van der Waals surface area contributed by atoms with Crippen LogP contribution in [0.2, 0.25) is 5.02 Å². The van der Waals surface area contributed by atoms with Gasteiger partial charge in [-0.05, 0) is 26.0 Å². The maximum Gasteiger partial charge on any atom is 0.261 e. The quantitative estimate of drug-likeness (QED) is 0.843. The highest BCUT2D eigenvalue weighted by Gasteiger charge is 2.17. The minimum Gasteiger partial charge on any atom is -0.479 e. The lowest BCUT2D eigenvalue weighted by Crippen LogP contribution is -2.42. The molecule has 17 heavy (non-hydrogen) atoms. The normalized spacial score (nSPS) is 13.9. The molecule has 0 aliphatic rings. The standard InChI is InChI=1S/C12H16ClNO3/c1-8(7-15)14-12(16)9(2)17-11-6-4-3-5-10(11)13/h3-6,8-9,15H,7H2,1-2H3,(H,14,16)/t8-,9?/m1/s1. The molecule has 0 bridgehead atoms. The van der Waals surface area contributed by atoms with Gasteiger partial charge in [0.05, 0.1) is 11.6 Å². The smallest absolute Gasteiger partial charge is 0.261 e. The number of aliphatic hydroxyl groups excluding tert-OH is 1. The number of carbonyl (C=O) groups is 1. The molecule has 0 aliphatic carbocycles. The van der Waals surface area contributed by atoms with Crippen molar-refractivity contribution in [2.75, 3.05) is 6.61 Å². The fourth-order valence-corrected chi connectivity index (χ4v) is 1.37. The number of hydrogen-bond donors (Lipinski definition) is 2. The molecule has 4 nitrogen and oxygen atoms in total. The Bertz CT molecular complexity index is 384. The molecule has 0 fully saturated rings. The summed E-state index contributed by atoms with van der Waals surface area (Å²) in [7, 11) is 0. The summed E-state index contributed by atoms with van der Waals surface area (Å²) in [6, 6.07) is 6.66. The van der Waals surface area contributed by atoms with E-state index in [0.29, 0.717) is 10.8 Å². The molecular weight excluding hydrogens is 242 g/mol. The Morgan fingerprint density at radius 1 is 1.47 bits per heavy atom. The van der Waals surface area contributed by atoms with E-state index < -0.39 is 6.10 Å². The van der Waals surface area contributed by atoms with Gasteiger partial charge in [0.1, 0.15) is 5.75 Å². The lowest BCUT2D eigenvalue weighted by molar-refractivity contribution is -0.128. The molecular formula is C12H16ClNO3. The Morgan fingerprint density at radius 2 is 2.12 bits per heavy atom. The lowest BCUT2D eigenvalue weighted by Gasteiger charge is -2.17. The number of hydrogen-bond acceptors (Lipinski definition) is 3. The fraction of sp³-hybridized carbons (Fsp3) is 0.417. The first-order chi connectivity index (χ1) is 8.04. The molecule has 1 aromatic carbocycles. The SMILES string of the molecule is CC(Oc1ccccc1Cl)C(=O)N[C@H](C)CO. The number of para-hydroxylation sites is 1. The summed E-state index contributed by atoms with van der Waals surface area (Å²) in [5.74, 6) is 0.180. The van der Waals surface area contributed by atoms with Crippen LogP contribution >= 0.6 is 11.6 Å². The van der Waals surface area contributed by atoms with Crippen molar-refractivity contribution in [3.63, 3.8) is 0 Å². The second-order valence-electron chi connectivity index (χ2n) is 3.78. The summed E-state index contributed by atoms with van der Waals surface area (Å²) in [6.45, 7) is 3.23. The molecule has 2 N–H and O–H groups in total. The molecule has 0 aromatic heterocycles. The Hall–Kier alpha value is -1.26. The zero-order chi connectivity index (χ0) is 12.8. The molecule has 0 saturated heterocycles. The average Bonchev–Trinajstić information content (AvgIpc) is 2.31. The molecule has 94 valence electrons. The van der Waals surface area contributed by atoms with Gasteiger partial charge < -0.3 is 15.2 Å². The van der Waals surface area contributed by atoms with E-state index in [-0.39, 0.29) is 18.6 Å². The Morgan fingerprint density at radius 3 is 2.71 bits per heavy atom. The second kappa shape index (κ2) is 6.47. The van der Waals surface area contributed by atoms with E-state index >= 15 is 0 Å². The van der Waals surface area contributed by atoms with Gasteiger partial charge in [-0.1, -0.05) is 23.7 Å². The number of aliphatic hydroxyl groups is 1. The van der Waals surface area contributed by atoms with Gasteiger partial charge in [0.2, 0.25) is 0 Å². The minimum atomic E-state index is -0.663. The Balaban J connectivity index is 2.57. The first-order valence-electron chi connectivity index (χ1n) is 5.37. The van der Waals surface area contributed by atoms with Gasteiger partial charge in [0, 0.05) is 6.04 Å². The second-order valence-corrected chi connectivity index (χ2v) is 4.19. The van der Waals surface area contributed by atoms with Crippen LogP contribution in [0.4, 0.5) is 0 Å². The summed E-state index contributed by atoms with van der Waals surface area (Å²) in [4.78, 5) is 11.6. The molecule has 0 radical (unpaired) electrons. The summed E-state index contributed by atoms with van der Waals surface area (Å²) in [5, 5.41) is 11.9. The number of halogens is 1. The topological polar surface area (TPSA) is 58.6 Å². The molecule has 0 heterocycles. The van der Waals surface area contributed by atoms with Crippen LogP contribution in [0.1, 0.15) is 13.8 Å². The van der Waals surface area contributed by atoms with E-state index in [1.165, 1.54) is 0 Å². The Kier molecular flexibility index (Phi) is 5.25. The maximum atomic E-state index is 11.6. The van der Waals surface area contributed by atoms with Gasteiger partial charge in [-0.15, -0.1) is 0 Å². The van der Waals surface area contributed by atoms with Crippen LogP contribution in [0.3, 0.4) is 0 Å². The number of nitrogens with one attached hydrogen (secondary N) is 1. The molecule has 0 saturated carbocycles. The van der Waals surface area contributed by atoms with Crippen molar-refractivity contribution >= 4 is 17.5 Å². The number of ether oxygens (including phenoxy) is 1. The van der Waals surface area contributed by atoms with Crippen molar-refractivity contribution in [2.24, 2.45) is 0 Å². The zero-order valence-corrected chi connectivity index (χ0v) is 10.6. The van der Waals surface area contributed by atoms with E-state index in [9.17, 15) is 4.79 Å². The third-order valence-electron chi connectivity index (χ3n) is 2.17. The highest BCUT2D eigenvalue weighted by Crippen LogP contribution is 2.24. The molecule has 0 spiro atoms. The summed E-state index contributed by atoms with van der Waals surface area (Å²) in [5.41, 5.74) is 0. The number of amides is 1. The molecule has 1 aromatic rings. The largest absolute Gasteiger partial charge is 0.479 e. The highest BCUT2D eigenvalue weighted by molar-refractivity contribution is 6.32. The van der Waals surface area contributed by atoms with Crippen molar-refractivity contribution in [1.29, 1.82) is 0 Å². The third kappa shape index (κ3) is 4.24. The van der Waals surface area contributed by atoms with Crippen LogP contribution in [0.25, 0.3) is 0 Å². The minimum absolute atomic E-state index is 0.107. The van der Waals surface area contributed by atoms with Gasteiger partial charge in [-0.3, -0.25) is 4.79 Å². The van der Waals surface area contributed by atoms with Gasteiger partial charge >= 0.3 is 0 Å². The summed E-state index contributed by atoms with van der Waals surface area (Å²) < 4.78 is 5.43. The van der Waals surface area contributed by atoms with Crippen molar-refractivity contribution < 1.29 is 14.6 Å². The molecule has 1 rings (SSSR count). The zero-order valence-electron chi connectivity index (χ0n) is 9.81.